The average molecular weight is 493 g/mol. The molecule has 0 spiro atoms. The summed E-state index contributed by atoms with van der Waals surface area (Å²) in [6.45, 7) is 1.22. The summed E-state index contributed by atoms with van der Waals surface area (Å²) in [6, 6.07) is 0.948. The van der Waals surface area contributed by atoms with E-state index in [2.05, 4.69) is 9.97 Å². The molecule has 31 heavy (non-hydrogen) atoms. The van der Waals surface area contributed by atoms with Gasteiger partial charge in [0.05, 0.1) is 11.3 Å². The minimum atomic E-state index is -5.91. The molecule has 0 radical (unpaired) electrons. The number of imidazole rings is 1. The number of hydrogen-bond acceptors (Lipinski definition) is 5. The highest BCUT2D eigenvalue weighted by Crippen LogP contribution is 2.45. The first kappa shape index (κ1) is 23.4. The zero-order valence-corrected chi connectivity index (χ0v) is 17.1. The predicted molar refractivity (Wildman–Crippen MR) is 94.5 cm³/mol. The summed E-state index contributed by atoms with van der Waals surface area (Å²) in [5.74, 6) is -6.15. The van der Waals surface area contributed by atoms with Gasteiger partial charge in [-0.15, -0.1) is 11.3 Å². The second-order valence-electron chi connectivity index (χ2n) is 6.35. The SMILES string of the molecule is CCS(=O)(=O)c1sc(C(F)(F)F)cc1-c1nc2cc(C(F)(F)C(F)(F)F)cnc2n1C. The van der Waals surface area contributed by atoms with E-state index in [1.165, 1.54) is 14.0 Å². The van der Waals surface area contributed by atoms with Crippen LogP contribution in [0.4, 0.5) is 35.1 Å². The van der Waals surface area contributed by atoms with Crippen LogP contribution in [0, 0.1) is 0 Å². The lowest BCUT2D eigenvalue weighted by Crippen LogP contribution is -2.33. The van der Waals surface area contributed by atoms with Crippen LogP contribution in [-0.2, 0) is 29.0 Å². The van der Waals surface area contributed by atoms with Gasteiger partial charge in [-0.3, -0.25) is 0 Å². The Kier molecular flexibility index (Phi) is 5.37. The molecule has 3 aromatic heterocycles. The van der Waals surface area contributed by atoms with Crippen molar-refractivity contribution < 1.29 is 43.5 Å². The van der Waals surface area contributed by atoms with E-state index >= 15 is 0 Å². The predicted octanol–water partition coefficient (Wildman–Crippen LogP) is 5.16. The van der Waals surface area contributed by atoms with Crippen LogP contribution < -0.4 is 0 Å². The minimum Gasteiger partial charge on any atom is -0.312 e. The molecule has 0 unspecified atom stereocenters. The Hall–Kier alpha value is -2.29. The summed E-state index contributed by atoms with van der Waals surface area (Å²) in [5, 5.41) is 0. The van der Waals surface area contributed by atoms with E-state index in [1.54, 1.807) is 0 Å². The number of sulfone groups is 1. The van der Waals surface area contributed by atoms with Crippen molar-refractivity contribution in [2.45, 2.75) is 29.4 Å². The highest BCUT2D eigenvalue weighted by atomic mass is 32.2. The van der Waals surface area contributed by atoms with Gasteiger partial charge in [-0.05, 0) is 12.1 Å². The molecule has 3 heterocycles. The van der Waals surface area contributed by atoms with E-state index in [1.807, 2.05) is 0 Å². The highest BCUT2D eigenvalue weighted by molar-refractivity contribution is 7.93. The lowest BCUT2D eigenvalue weighted by atomic mass is 10.1. The van der Waals surface area contributed by atoms with Gasteiger partial charge in [0.15, 0.2) is 15.5 Å². The van der Waals surface area contributed by atoms with Gasteiger partial charge in [-0.2, -0.15) is 35.1 Å². The van der Waals surface area contributed by atoms with E-state index in [9.17, 15) is 43.5 Å². The number of rotatable bonds is 4. The van der Waals surface area contributed by atoms with Crippen LogP contribution in [0.25, 0.3) is 22.6 Å². The number of hydrogen-bond donors (Lipinski definition) is 0. The fourth-order valence-electron chi connectivity index (χ4n) is 2.68. The molecule has 0 atom stereocenters. The van der Waals surface area contributed by atoms with Gasteiger partial charge in [0.2, 0.25) is 0 Å². The first-order valence-corrected chi connectivity index (χ1v) is 10.7. The maximum absolute atomic E-state index is 13.6. The van der Waals surface area contributed by atoms with Crippen LogP contribution in [0.3, 0.4) is 0 Å². The van der Waals surface area contributed by atoms with E-state index in [-0.39, 0.29) is 29.0 Å². The Bertz CT molecular complexity index is 1260. The molecule has 15 heteroatoms. The fraction of sp³-hybridized carbons (Fsp3) is 0.375. The van der Waals surface area contributed by atoms with Crippen LogP contribution in [0.15, 0.2) is 22.5 Å². The maximum Gasteiger partial charge on any atom is 0.458 e. The molecule has 0 saturated heterocycles. The summed E-state index contributed by atoms with van der Waals surface area (Å²) < 4.78 is 130. The quantitative estimate of drug-likeness (QED) is 0.471. The van der Waals surface area contributed by atoms with Crippen molar-refractivity contribution in [2.75, 3.05) is 5.75 Å². The molecule has 0 N–H and O–H groups in total. The smallest absolute Gasteiger partial charge is 0.312 e. The second-order valence-corrected chi connectivity index (χ2v) is 9.87. The van der Waals surface area contributed by atoms with Crippen molar-refractivity contribution in [3.05, 3.63) is 28.8 Å². The van der Waals surface area contributed by atoms with Gasteiger partial charge < -0.3 is 4.57 Å². The summed E-state index contributed by atoms with van der Waals surface area (Å²) >= 11 is -0.0333. The van der Waals surface area contributed by atoms with Gasteiger partial charge in [-0.25, -0.2) is 18.4 Å². The van der Waals surface area contributed by atoms with Crippen molar-refractivity contribution in [3.63, 3.8) is 0 Å². The standard InChI is InChI=1S/C16H11F8N3O2S2/c1-3-31(28,29)13-8(5-10(30-13)15(19,20)21)11-26-9-4-7(6-25-12(9)27(11)2)14(17,18)16(22,23)24/h4-6H,3H2,1-2H3. The number of alkyl halides is 8. The van der Waals surface area contributed by atoms with Crippen LogP contribution in [-0.4, -0.2) is 34.9 Å². The molecule has 0 amide bonds. The van der Waals surface area contributed by atoms with Crippen molar-refractivity contribution in [1.29, 1.82) is 0 Å². The van der Waals surface area contributed by atoms with E-state index in [4.69, 9.17) is 0 Å². The number of fused-ring (bicyclic) bond motifs is 1. The van der Waals surface area contributed by atoms with Crippen molar-refractivity contribution in [1.82, 2.24) is 14.5 Å². The van der Waals surface area contributed by atoms with Gasteiger partial charge in [-0.1, -0.05) is 6.92 Å². The van der Waals surface area contributed by atoms with Gasteiger partial charge in [0.1, 0.15) is 20.4 Å². The van der Waals surface area contributed by atoms with Crippen LogP contribution in [0.5, 0.6) is 0 Å². The highest BCUT2D eigenvalue weighted by Gasteiger charge is 2.59. The number of pyridine rings is 1. The molecular weight excluding hydrogens is 482 g/mol. The molecule has 0 aliphatic rings. The molecule has 0 fully saturated rings. The number of nitrogens with zero attached hydrogens (tertiary/aromatic N) is 3. The summed E-state index contributed by atoms with van der Waals surface area (Å²) in [6.07, 6.45) is -10.5. The van der Waals surface area contributed by atoms with Crippen LogP contribution >= 0.6 is 11.3 Å². The van der Waals surface area contributed by atoms with Crippen LogP contribution in [0.2, 0.25) is 0 Å². The number of halogens is 8. The molecule has 0 aliphatic heterocycles. The van der Waals surface area contributed by atoms with E-state index < -0.39 is 59.6 Å². The van der Waals surface area contributed by atoms with Crippen molar-refractivity contribution in [2.24, 2.45) is 7.05 Å². The Morgan fingerprint density at radius 2 is 1.68 bits per heavy atom. The Balaban J connectivity index is 2.27. The van der Waals surface area contributed by atoms with Crippen molar-refractivity contribution >= 4 is 32.3 Å². The molecule has 170 valence electrons. The lowest BCUT2D eigenvalue weighted by Gasteiger charge is -2.19. The van der Waals surface area contributed by atoms with Crippen molar-refractivity contribution in [3.8, 4) is 11.4 Å². The molecular formula is C16H11F8N3O2S2. The largest absolute Gasteiger partial charge is 0.458 e. The first-order chi connectivity index (χ1) is 14.0. The molecule has 0 aliphatic carbocycles. The summed E-state index contributed by atoms with van der Waals surface area (Å²) in [4.78, 5) is 6.11. The molecule has 3 aromatic rings. The Morgan fingerprint density at radius 3 is 2.19 bits per heavy atom. The molecule has 0 saturated carbocycles. The average Bonchev–Trinajstić information content (AvgIpc) is 3.22. The number of thiophene rings is 1. The summed E-state index contributed by atoms with van der Waals surface area (Å²) in [5.41, 5.74) is -2.67. The topological polar surface area (TPSA) is 64.8 Å². The summed E-state index contributed by atoms with van der Waals surface area (Å²) in [7, 11) is -2.93. The second kappa shape index (κ2) is 7.12. The number of aryl methyl sites for hydroxylation is 1. The molecule has 0 bridgehead atoms. The number of aromatic nitrogens is 3. The zero-order chi connectivity index (χ0) is 23.6. The minimum absolute atomic E-state index is 0.0333. The normalized spacial score (nSPS) is 13.9. The van der Waals surface area contributed by atoms with E-state index in [0.29, 0.717) is 12.1 Å². The molecule has 0 aromatic carbocycles. The fourth-order valence-corrected chi connectivity index (χ4v) is 5.31. The third kappa shape index (κ3) is 3.88. The lowest BCUT2D eigenvalue weighted by molar-refractivity contribution is -0.289. The molecule has 5 nitrogen and oxygen atoms in total. The van der Waals surface area contributed by atoms with E-state index in [0.717, 1.165) is 4.57 Å². The Morgan fingerprint density at radius 1 is 1.06 bits per heavy atom. The Labute approximate surface area is 173 Å². The van der Waals surface area contributed by atoms with Gasteiger partial charge >= 0.3 is 18.3 Å². The third-order valence-electron chi connectivity index (χ3n) is 4.31. The van der Waals surface area contributed by atoms with Gasteiger partial charge in [0.25, 0.3) is 0 Å². The van der Waals surface area contributed by atoms with Crippen LogP contribution in [0.1, 0.15) is 17.4 Å². The zero-order valence-electron chi connectivity index (χ0n) is 15.4. The van der Waals surface area contributed by atoms with Gasteiger partial charge in [0, 0.05) is 18.8 Å². The molecule has 3 rings (SSSR count). The monoisotopic (exact) mass is 493 g/mol. The third-order valence-corrected chi connectivity index (χ3v) is 7.84. The first-order valence-electron chi connectivity index (χ1n) is 8.22. The maximum atomic E-state index is 13.6.